The maximum Gasteiger partial charge on any atom is 0.249 e. The van der Waals surface area contributed by atoms with Crippen LogP contribution in [-0.2, 0) is 19.4 Å². The molecule has 2 aromatic rings. The lowest BCUT2D eigenvalue weighted by Gasteiger charge is -2.19. The van der Waals surface area contributed by atoms with Crippen LogP contribution in [0.4, 0.5) is 0 Å². The molecule has 3 heteroatoms. The fourth-order valence-corrected chi connectivity index (χ4v) is 2.92. The number of primary amides is 1. The van der Waals surface area contributed by atoms with E-state index in [1.165, 1.54) is 24.0 Å². The molecule has 21 heavy (non-hydrogen) atoms. The highest BCUT2D eigenvalue weighted by atomic mass is 16.5. The minimum atomic E-state index is -0.413. The van der Waals surface area contributed by atoms with Crippen LogP contribution in [0.1, 0.15) is 39.9 Å². The summed E-state index contributed by atoms with van der Waals surface area (Å²) >= 11 is 0. The Hall–Kier alpha value is -2.29. The number of aryl methyl sites for hydroxylation is 1. The maximum atomic E-state index is 11.4. The van der Waals surface area contributed by atoms with Crippen LogP contribution in [-0.4, -0.2) is 5.91 Å². The van der Waals surface area contributed by atoms with Gasteiger partial charge in [-0.25, -0.2) is 0 Å². The van der Waals surface area contributed by atoms with E-state index < -0.39 is 5.91 Å². The van der Waals surface area contributed by atoms with E-state index in [4.69, 9.17) is 10.5 Å². The fourth-order valence-electron chi connectivity index (χ4n) is 2.92. The van der Waals surface area contributed by atoms with Crippen molar-refractivity contribution < 1.29 is 9.53 Å². The lowest BCUT2D eigenvalue weighted by Crippen LogP contribution is -2.15. The first-order valence-corrected chi connectivity index (χ1v) is 7.37. The Morgan fingerprint density at radius 3 is 2.71 bits per heavy atom. The number of hydrogen-bond donors (Lipinski definition) is 1. The van der Waals surface area contributed by atoms with Crippen LogP contribution in [0.2, 0.25) is 0 Å². The van der Waals surface area contributed by atoms with Crippen molar-refractivity contribution in [2.24, 2.45) is 5.73 Å². The Kier molecular flexibility index (Phi) is 3.91. The van der Waals surface area contributed by atoms with E-state index in [2.05, 4.69) is 6.07 Å². The van der Waals surface area contributed by atoms with Gasteiger partial charge in [0.1, 0.15) is 12.4 Å². The largest absolute Gasteiger partial charge is 0.489 e. The zero-order valence-corrected chi connectivity index (χ0v) is 12.0. The van der Waals surface area contributed by atoms with Gasteiger partial charge in [0.2, 0.25) is 5.91 Å². The predicted molar refractivity (Wildman–Crippen MR) is 82.4 cm³/mol. The molecule has 0 saturated carbocycles. The van der Waals surface area contributed by atoms with Crippen molar-refractivity contribution in [1.29, 1.82) is 0 Å². The highest BCUT2D eigenvalue weighted by Crippen LogP contribution is 2.30. The molecule has 0 aliphatic heterocycles. The molecule has 108 valence electrons. The number of fused-ring (bicyclic) bond motifs is 1. The van der Waals surface area contributed by atoms with E-state index in [1.54, 1.807) is 6.07 Å². The Balaban J connectivity index is 1.81. The van der Waals surface area contributed by atoms with Crippen molar-refractivity contribution in [3.63, 3.8) is 0 Å². The third kappa shape index (κ3) is 2.92. The molecular formula is C18H19NO2. The molecule has 0 atom stereocenters. The number of carbonyl (C=O) groups excluding carboxylic acids is 1. The van der Waals surface area contributed by atoms with Gasteiger partial charge < -0.3 is 10.5 Å². The molecule has 3 nitrogen and oxygen atoms in total. The second-order valence-corrected chi connectivity index (χ2v) is 5.41. The van der Waals surface area contributed by atoms with Crippen molar-refractivity contribution in [3.05, 3.63) is 64.7 Å². The monoisotopic (exact) mass is 281 g/mol. The second-order valence-electron chi connectivity index (χ2n) is 5.41. The minimum Gasteiger partial charge on any atom is -0.489 e. The lowest BCUT2D eigenvalue weighted by atomic mass is 9.91. The Morgan fingerprint density at radius 2 is 1.86 bits per heavy atom. The average Bonchev–Trinajstić information content (AvgIpc) is 2.53. The van der Waals surface area contributed by atoms with Gasteiger partial charge in [-0.3, -0.25) is 4.79 Å². The van der Waals surface area contributed by atoms with Crippen LogP contribution in [0.15, 0.2) is 42.5 Å². The number of benzene rings is 2. The Labute approximate surface area is 124 Å². The summed E-state index contributed by atoms with van der Waals surface area (Å²) < 4.78 is 5.97. The summed E-state index contributed by atoms with van der Waals surface area (Å²) in [5.74, 6) is 0.524. The van der Waals surface area contributed by atoms with Crippen LogP contribution < -0.4 is 10.5 Å². The summed E-state index contributed by atoms with van der Waals surface area (Å²) in [4.78, 5) is 11.4. The number of carbonyl (C=O) groups is 1. The molecule has 0 heterocycles. The highest BCUT2D eigenvalue weighted by molar-refractivity contribution is 5.94. The van der Waals surface area contributed by atoms with E-state index in [0.29, 0.717) is 12.2 Å². The van der Waals surface area contributed by atoms with E-state index in [9.17, 15) is 4.79 Å². The molecule has 1 amide bonds. The molecule has 2 aromatic carbocycles. The molecule has 0 radical (unpaired) electrons. The van der Waals surface area contributed by atoms with Crippen LogP contribution in [0.5, 0.6) is 5.75 Å². The fraction of sp³-hybridized carbons (Fsp3) is 0.278. The Morgan fingerprint density at radius 1 is 1.05 bits per heavy atom. The molecule has 0 spiro atoms. The first kappa shape index (κ1) is 13.7. The zero-order chi connectivity index (χ0) is 14.7. The number of amides is 1. The SMILES string of the molecule is NC(=O)c1ccccc1COc1cccc2c1CCCC2. The van der Waals surface area contributed by atoms with Crippen LogP contribution in [0.3, 0.4) is 0 Å². The molecule has 1 aliphatic carbocycles. The van der Waals surface area contributed by atoms with Gasteiger partial charge in [-0.15, -0.1) is 0 Å². The maximum absolute atomic E-state index is 11.4. The summed E-state index contributed by atoms with van der Waals surface area (Å²) in [6, 6.07) is 13.6. The second kappa shape index (κ2) is 6.00. The number of hydrogen-bond acceptors (Lipinski definition) is 2. The minimum absolute atomic E-state index is 0.371. The molecule has 0 bridgehead atoms. The van der Waals surface area contributed by atoms with E-state index in [0.717, 1.165) is 24.2 Å². The van der Waals surface area contributed by atoms with Crippen LogP contribution in [0, 0.1) is 0 Å². The molecule has 0 fully saturated rings. The van der Waals surface area contributed by atoms with Crippen LogP contribution in [0.25, 0.3) is 0 Å². The third-order valence-electron chi connectivity index (χ3n) is 4.02. The molecule has 0 aromatic heterocycles. The van der Waals surface area contributed by atoms with Gasteiger partial charge in [-0.2, -0.15) is 0 Å². The van der Waals surface area contributed by atoms with E-state index in [-0.39, 0.29) is 0 Å². The van der Waals surface area contributed by atoms with Gasteiger partial charge in [0.05, 0.1) is 0 Å². The molecule has 3 rings (SSSR count). The smallest absolute Gasteiger partial charge is 0.249 e. The van der Waals surface area contributed by atoms with Gasteiger partial charge in [0.15, 0.2) is 0 Å². The van der Waals surface area contributed by atoms with Crippen molar-refractivity contribution in [1.82, 2.24) is 0 Å². The van der Waals surface area contributed by atoms with Crippen molar-refractivity contribution in [3.8, 4) is 5.75 Å². The summed E-state index contributed by atoms with van der Waals surface area (Å²) in [5, 5.41) is 0. The number of nitrogens with two attached hydrogens (primary N) is 1. The molecular weight excluding hydrogens is 262 g/mol. The van der Waals surface area contributed by atoms with E-state index in [1.807, 2.05) is 30.3 Å². The third-order valence-corrected chi connectivity index (χ3v) is 4.02. The summed E-state index contributed by atoms with van der Waals surface area (Å²) in [6.07, 6.45) is 4.67. The molecule has 2 N–H and O–H groups in total. The average molecular weight is 281 g/mol. The lowest BCUT2D eigenvalue weighted by molar-refractivity contribution is 0.0998. The number of ether oxygens (including phenoxy) is 1. The standard InChI is InChI=1S/C18H19NO2/c19-18(20)16-10-4-2-7-14(16)12-21-17-11-5-8-13-6-1-3-9-15(13)17/h2,4-5,7-8,10-11H,1,3,6,9,12H2,(H2,19,20). The van der Waals surface area contributed by atoms with Crippen molar-refractivity contribution in [2.45, 2.75) is 32.3 Å². The van der Waals surface area contributed by atoms with Gasteiger partial charge in [0.25, 0.3) is 0 Å². The first-order chi connectivity index (χ1) is 10.3. The summed E-state index contributed by atoms with van der Waals surface area (Å²) in [7, 11) is 0. The predicted octanol–water partition coefficient (Wildman–Crippen LogP) is 3.24. The molecule has 0 unspecified atom stereocenters. The normalized spacial score (nSPS) is 13.5. The van der Waals surface area contributed by atoms with Gasteiger partial charge in [-0.05, 0) is 48.9 Å². The zero-order valence-electron chi connectivity index (χ0n) is 12.0. The van der Waals surface area contributed by atoms with E-state index >= 15 is 0 Å². The van der Waals surface area contributed by atoms with Crippen LogP contribution >= 0.6 is 0 Å². The van der Waals surface area contributed by atoms with Crippen molar-refractivity contribution in [2.75, 3.05) is 0 Å². The van der Waals surface area contributed by atoms with Gasteiger partial charge >= 0.3 is 0 Å². The summed E-state index contributed by atoms with van der Waals surface area (Å²) in [5.41, 5.74) is 9.47. The Bertz CT molecular complexity index is 664. The van der Waals surface area contributed by atoms with Gasteiger partial charge in [-0.1, -0.05) is 30.3 Å². The molecule has 1 aliphatic rings. The number of rotatable bonds is 4. The van der Waals surface area contributed by atoms with Gasteiger partial charge in [0, 0.05) is 11.1 Å². The quantitative estimate of drug-likeness (QED) is 0.935. The summed E-state index contributed by atoms with van der Waals surface area (Å²) in [6.45, 7) is 0.371. The highest BCUT2D eigenvalue weighted by Gasteiger charge is 2.14. The molecule has 0 saturated heterocycles. The topological polar surface area (TPSA) is 52.3 Å². The first-order valence-electron chi connectivity index (χ1n) is 7.37. The van der Waals surface area contributed by atoms with Crippen molar-refractivity contribution >= 4 is 5.91 Å².